The number of aryl methyl sites for hydroxylation is 1. The monoisotopic (exact) mass is 186 g/mol. The van der Waals surface area contributed by atoms with E-state index in [2.05, 4.69) is 15.0 Å². The molecule has 2 rings (SSSR count). The Morgan fingerprint density at radius 2 is 2.14 bits per heavy atom. The Kier molecular flexibility index (Phi) is 2.10. The fourth-order valence-electron chi connectivity index (χ4n) is 1.23. The summed E-state index contributed by atoms with van der Waals surface area (Å²) in [6.07, 6.45) is 5.20. The van der Waals surface area contributed by atoms with E-state index in [1.54, 1.807) is 18.6 Å². The van der Waals surface area contributed by atoms with Crippen molar-refractivity contribution < 1.29 is 0 Å². The summed E-state index contributed by atoms with van der Waals surface area (Å²) < 4.78 is 0. The topological polar surface area (TPSA) is 64.7 Å². The minimum atomic E-state index is 0.281. The van der Waals surface area contributed by atoms with Crippen LogP contribution in [0.3, 0.4) is 0 Å². The van der Waals surface area contributed by atoms with Gasteiger partial charge in [-0.1, -0.05) is 0 Å². The average molecular weight is 186 g/mol. The van der Waals surface area contributed by atoms with Crippen LogP contribution in [-0.2, 0) is 0 Å². The fourth-order valence-corrected chi connectivity index (χ4v) is 1.23. The summed E-state index contributed by atoms with van der Waals surface area (Å²) in [5.41, 5.74) is 8.35. The molecule has 2 aromatic rings. The van der Waals surface area contributed by atoms with Crippen LogP contribution in [0, 0.1) is 6.92 Å². The number of pyridine rings is 1. The van der Waals surface area contributed by atoms with E-state index in [1.165, 1.54) is 0 Å². The van der Waals surface area contributed by atoms with Gasteiger partial charge < -0.3 is 5.73 Å². The predicted molar refractivity (Wildman–Crippen MR) is 54.4 cm³/mol. The van der Waals surface area contributed by atoms with Gasteiger partial charge in [-0.15, -0.1) is 0 Å². The van der Waals surface area contributed by atoms with Crippen molar-refractivity contribution in [2.45, 2.75) is 6.92 Å². The number of hydrogen-bond donors (Lipinski definition) is 1. The molecule has 0 amide bonds. The zero-order valence-electron chi connectivity index (χ0n) is 7.81. The van der Waals surface area contributed by atoms with Crippen molar-refractivity contribution in [3.8, 4) is 11.3 Å². The van der Waals surface area contributed by atoms with Crippen molar-refractivity contribution in [2.24, 2.45) is 0 Å². The van der Waals surface area contributed by atoms with Gasteiger partial charge in [-0.25, -0.2) is 9.97 Å². The standard InChI is InChI=1S/C10H10N4/c1-7-4-8(6-12-5-7)9-2-3-13-10(11)14-9/h2-6H,1H3,(H2,11,13,14). The molecule has 2 aromatic heterocycles. The molecular weight excluding hydrogens is 176 g/mol. The molecule has 2 heterocycles. The Hall–Kier alpha value is -1.97. The molecule has 0 unspecified atom stereocenters. The quantitative estimate of drug-likeness (QED) is 0.731. The number of nitrogen functional groups attached to an aromatic ring is 1. The van der Waals surface area contributed by atoms with Gasteiger partial charge in [-0.05, 0) is 24.6 Å². The fraction of sp³-hybridized carbons (Fsp3) is 0.100. The summed E-state index contributed by atoms with van der Waals surface area (Å²) in [5.74, 6) is 0.281. The zero-order chi connectivity index (χ0) is 9.97. The first kappa shape index (κ1) is 8.62. The lowest BCUT2D eigenvalue weighted by Gasteiger charge is -2.01. The molecule has 2 N–H and O–H groups in total. The van der Waals surface area contributed by atoms with Crippen molar-refractivity contribution in [3.63, 3.8) is 0 Å². The van der Waals surface area contributed by atoms with Crippen LogP contribution in [0.25, 0.3) is 11.3 Å². The largest absolute Gasteiger partial charge is 0.368 e. The van der Waals surface area contributed by atoms with E-state index < -0.39 is 0 Å². The van der Waals surface area contributed by atoms with Gasteiger partial charge >= 0.3 is 0 Å². The minimum absolute atomic E-state index is 0.281. The molecule has 0 aliphatic rings. The van der Waals surface area contributed by atoms with Crippen molar-refractivity contribution >= 4 is 5.95 Å². The van der Waals surface area contributed by atoms with Gasteiger partial charge in [0.05, 0.1) is 5.69 Å². The maximum Gasteiger partial charge on any atom is 0.220 e. The number of nitrogens with zero attached hydrogens (tertiary/aromatic N) is 3. The lowest BCUT2D eigenvalue weighted by atomic mass is 10.1. The molecule has 0 spiro atoms. The summed E-state index contributed by atoms with van der Waals surface area (Å²) in [6.45, 7) is 1.99. The number of aromatic nitrogens is 3. The molecule has 14 heavy (non-hydrogen) atoms. The molecular formula is C10H10N4. The van der Waals surface area contributed by atoms with Crippen molar-refractivity contribution in [3.05, 3.63) is 36.3 Å². The highest BCUT2D eigenvalue weighted by Gasteiger charge is 2.00. The van der Waals surface area contributed by atoms with Crippen LogP contribution in [0.5, 0.6) is 0 Å². The highest BCUT2D eigenvalue weighted by molar-refractivity contribution is 5.59. The van der Waals surface area contributed by atoms with E-state index in [0.29, 0.717) is 0 Å². The molecule has 0 saturated heterocycles. The number of anilines is 1. The normalized spacial score (nSPS) is 10.1. The van der Waals surface area contributed by atoms with Crippen LogP contribution in [0.1, 0.15) is 5.56 Å². The summed E-state index contributed by atoms with van der Waals surface area (Å²) >= 11 is 0. The highest BCUT2D eigenvalue weighted by atomic mass is 15.0. The molecule has 4 heteroatoms. The Labute approximate surface area is 81.9 Å². The Morgan fingerprint density at radius 3 is 2.86 bits per heavy atom. The SMILES string of the molecule is Cc1cncc(-c2ccnc(N)n2)c1. The maximum atomic E-state index is 5.49. The van der Waals surface area contributed by atoms with Crippen LogP contribution in [0.2, 0.25) is 0 Å². The van der Waals surface area contributed by atoms with Gasteiger partial charge in [-0.3, -0.25) is 4.98 Å². The highest BCUT2D eigenvalue weighted by Crippen LogP contribution is 2.16. The van der Waals surface area contributed by atoms with Crippen molar-refractivity contribution in [1.29, 1.82) is 0 Å². The summed E-state index contributed by atoms with van der Waals surface area (Å²) in [4.78, 5) is 12.0. The van der Waals surface area contributed by atoms with E-state index in [1.807, 2.05) is 19.1 Å². The lowest BCUT2D eigenvalue weighted by Crippen LogP contribution is -1.95. The van der Waals surface area contributed by atoms with Gasteiger partial charge in [0, 0.05) is 24.2 Å². The van der Waals surface area contributed by atoms with Gasteiger partial charge in [0.2, 0.25) is 5.95 Å². The molecule has 0 aromatic carbocycles. The van der Waals surface area contributed by atoms with Crippen molar-refractivity contribution in [2.75, 3.05) is 5.73 Å². The van der Waals surface area contributed by atoms with Crippen LogP contribution in [-0.4, -0.2) is 15.0 Å². The van der Waals surface area contributed by atoms with Gasteiger partial charge in [0.1, 0.15) is 0 Å². The van der Waals surface area contributed by atoms with Crippen molar-refractivity contribution in [1.82, 2.24) is 15.0 Å². The molecule has 0 fully saturated rings. The molecule has 0 atom stereocenters. The van der Waals surface area contributed by atoms with Gasteiger partial charge in [0.15, 0.2) is 0 Å². The second kappa shape index (κ2) is 3.41. The number of hydrogen-bond acceptors (Lipinski definition) is 4. The van der Waals surface area contributed by atoms with Crippen LogP contribution in [0.15, 0.2) is 30.7 Å². The van der Waals surface area contributed by atoms with Crippen LogP contribution >= 0.6 is 0 Å². The first-order valence-electron chi connectivity index (χ1n) is 4.26. The Bertz CT molecular complexity index is 410. The molecule has 0 radical (unpaired) electrons. The minimum Gasteiger partial charge on any atom is -0.368 e. The van der Waals surface area contributed by atoms with E-state index >= 15 is 0 Å². The number of rotatable bonds is 1. The third-order valence-corrected chi connectivity index (χ3v) is 1.84. The second-order valence-corrected chi connectivity index (χ2v) is 3.05. The Morgan fingerprint density at radius 1 is 1.29 bits per heavy atom. The summed E-state index contributed by atoms with van der Waals surface area (Å²) in [6, 6.07) is 3.82. The van der Waals surface area contributed by atoms with E-state index in [-0.39, 0.29) is 5.95 Å². The molecule has 0 aliphatic carbocycles. The summed E-state index contributed by atoms with van der Waals surface area (Å²) in [5, 5.41) is 0. The molecule has 0 saturated carbocycles. The van der Waals surface area contributed by atoms with Crippen LogP contribution < -0.4 is 5.73 Å². The maximum absolute atomic E-state index is 5.49. The first-order valence-corrected chi connectivity index (χ1v) is 4.26. The van der Waals surface area contributed by atoms with Crippen LogP contribution in [0.4, 0.5) is 5.95 Å². The molecule has 0 bridgehead atoms. The van der Waals surface area contributed by atoms with Gasteiger partial charge in [0.25, 0.3) is 0 Å². The van der Waals surface area contributed by atoms with E-state index in [9.17, 15) is 0 Å². The number of nitrogens with two attached hydrogens (primary N) is 1. The third kappa shape index (κ3) is 1.69. The molecule has 0 aliphatic heterocycles. The molecule has 70 valence electrons. The van der Waals surface area contributed by atoms with E-state index in [0.717, 1.165) is 16.8 Å². The first-order chi connectivity index (χ1) is 6.75. The smallest absolute Gasteiger partial charge is 0.220 e. The second-order valence-electron chi connectivity index (χ2n) is 3.05. The summed E-state index contributed by atoms with van der Waals surface area (Å²) in [7, 11) is 0. The lowest BCUT2D eigenvalue weighted by molar-refractivity contribution is 1.18. The van der Waals surface area contributed by atoms with E-state index in [4.69, 9.17) is 5.73 Å². The molecule has 4 nitrogen and oxygen atoms in total. The third-order valence-electron chi connectivity index (χ3n) is 1.84. The Balaban J connectivity index is 2.49. The van der Waals surface area contributed by atoms with Gasteiger partial charge in [-0.2, -0.15) is 0 Å². The average Bonchev–Trinajstić information content (AvgIpc) is 2.18. The zero-order valence-corrected chi connectivity index (χ0v) is 7.81. The predicted octanol–water partition coefficient (Wildman–Crippen LogP) is 1.43.